The molecular formula is C19H19N3O2S. The highest BCUT2D eigenvalue weighted by atomic mass is 32.2. The number of amidine groups is 1. The zero-order valence-electron chi connectivity index (χ0n) is 14.4. The van der Waals surface area contributed by atoms with E-state index < -0.39 is 0 Å². The van der Waals surface area contributed by atoms with E-state index in [1.165, 1.54) is 11.8 Å². The van der Waals surface area contributed by atoms with E-state index in [1.807, 2.05) is 62.4 Å². The molecule has 1 saturated heterocycles. The lowest BCUT2D eigenvalue weighted by Gasteiger charge is -2.11. The van der Waals surface area contributed by atoms with E-state index >= 15 is 0 Å². The van der Waals surface area contributed by atoms with E-state index in [-0.39, 0.29) is 5.91 Å². The molecule has 0 saturated carbocycles. The molecule has 2 heterocycles. The number of pyridine rings is 1. The molecule has 1 fully saturated rings. The van der Waals surface area contributed by atoms with Crippen LogP contribution in [0.3, 0.4) is 0 Å². The maximum Gasteiger partial charge on any atom is 0.266 e. The highest BCUT2D eigenvalue weighted by molar-refractivity contribution is 8.18. The van der Waals surface area contributed by atoms with Gasteiger partial charge in [0.25, 0.3) is 5.91 Å². The number of hydrogen-bond acceptors (Lipinski definition) is 5. The number of thioether (sulfide) groups is 1. The van der Waals surface area contributed by atoms with Crippen molar-refractivity contribution in [2.45, 2.75) is 13.8 Å². The van der Waals surface area contributed by atoms with Crippen LogP contribution in [0.4, 0.5) is 5.82 Å². The molecule has 1 aromatic carbocycles. The standard InChI is InChI=1S/C19H19N3O2S/c1-4-22-18(23)16(12-14-8-10-15(24-3)11-9-14)25-19(22)21-17-7-5-6-13(2)20-17/h5-12H,4H2,1-3H3/b16-12-,21-19+. The molecule has 1 amide bonds. The number of aryl methyl sites for hydroxylation is 1. The fourth-order valence-electron chi connectivity index (χ4n) is 2.41. The van der Waals surface area contributed by atoms with Crippen molar-refractivity contribution in [3.63, 3.8) is 0 Å². The van der Waals surface area contributed by atoms with Gasteiger partial charge in [0.05, 0.1) is 12.0 Å². The zero-order valence-corrected chi connectivity index (χ0v) is 15.2. The summed E-state index contributed by atoms with van der Waals surface area (Å²) in [4.78, 5) is 23.9. The summed E-state index contributed by atoms with van der Waals surface area (Å²) in [5, 5.41) is 0.658. The summed E-state index contributed by atoms with van der Waals surface area (Å²) in [5.41, 5.74) is 1.84. The number of aliphatic imine (C=N–C) groups is 1. The second-order valence-electron chi connectivity index (χ2n) is 5.46. The first-order chi connectivity index (χ1) is 12.1. The van der Waals surface area contributed by atoms with Crippen molar-refractivity contribution in [1.82, 2.24) is 9.88 Å². The molecule has 1 aliphatic rings. The number of amides is 1. The Morgan fingerprint density at radius 1 is 1.24 bits per heavy atom. The Hall–Kier alpha value is -2.60. The molecule has 0 unspecified atom stereocenters. The molecule has 1 aliphatic heterocycles. The Labute approximate surface area is 151 Å². The number of aromatic nitrogens is 1. The predicted octanol–water partition coefficient (Wildman–Crippen LogP) is 4.02. The Kier molecular flexibility index (Phi) is 5.19. The number of carbonyl (C=O) groups is 1. The highest BCUT2D eigenvalue weighted by Crippen LogP contribution is 2.33. The van der Waals surface area contributed by atoms with Gasteiger partial charge in [0.2, 0.25) is 0 Å². The summed E-state index contributed by atoms with van der Waals surface area (Å²) in [7, 11) is 1.63. The molecule has 6 heteroatoms. The second kappa shape index (κ2) is 7.53. The molecule has 1 aromatic heterocycles. The Bertz CT molecular complexity index is 844. The van der Waals surface area contributed by atoms with Gasteiger partial charge in [-0.2, -0.15) is 0 Å². The largest absolute Gasteiger partial charge is 0.497 e. The summed E-state index contributed by atoms with van der Waals surface area (Å²) < 4.78 is 5.16. The van der Waals surface area contributed by atoms with E-state index in [0.29, 0.717) is 22.4 Å². The predicted molar refractivity (Wildman–Crippen MR) is 102 cm³/mol. The van der Waals surface area contributed by atoms with Gasteiger partial charge in [-0.15, -0.1) is 0 Å². The number of benzene rings is 1. The molecule has 0 radical (unpaired) electrons. The quantitative estimate of drug-likeness (QED) is 0.779. The van der Waals surface area contributed by atoms with Gasteiger partial charge < -0.3 is 4.74 Å². The minimum atomic E-state index is -0.0327. The third-order valence-corrected chi connectivity index (χ3v) is 4.71. The average Bonchev–Trinajstić information content (AvgIpc) is 2.90. The molecule has 5 nitrogen and oxygen atoms in total. The van der Waals surface area contributed by atoms with Crippen LogP contribution in [0.1, 0.15) is 18.2 Å². The molecule has 0 aliphatic carbocycles. The van der Waals surface area contributed by atoms with Crippen LogP contribution in [0.5, 0.6) is 5.75 Å². The van der Waals surface area contributed by atoms with Gasteiger partial charge in [0.1, 0.15) is 5.75 Å². The summed E-state index contributed by atoms with van der Waals surface area (Å²) in [6.45, 7) is 4.42. The number of ether oxygens (including phenoxy) is 1. The number of nitrogens with zero attached hydrogens (tertiary/aromatic N) is 3. The smallest absolute Gasteiger partial charge is 0.266 e. The van der Waals surface area contributed by atoms with Gasteiger partial charge >= 0.3 is 0 Å². The van der Waals surface area contributed by atoms with Gasteiger partial charge in [-0.1, -0.05) is 18.2 Å². The monoisotopic (exact) mass is 353 g/mol. The van der Waals surface area contributed by atoms with Gasteiger partial charge in [0.15, 0.2) is 11.0 Å². The average molecular weight is 353 g/mol. The Morgan fingerprint density at radius 2 is 2.00 bits per heavy atom. The SMILES string of the molecule is CCN1C(=O)/C(=C/c2ccc(OC)cc2)S/C1=N/c1cccc(C)n1. The highest BCUT2D eigenvalue weighted by Gasteiger charge is 2.32. The number of likely N-dealkylation sites (N-methyl/N-ethyl adjacent to an activating group) is 1. The molecule has 3 rings (SSSR count). The van der Waals surface area contributed by atoms with Crippen molar-refractivity contribution in [1.29, 1.82) is 0 Å². The first-order valence-electron chi connectivity index (χ1n) is 7.98. The zero-order chi connectivity index (χ0) is 17.8. The molecule has 0 N–H and O–H groups in total. The molecule has 2 aromatic rings. The van der Waals surface area contributed by atoms with E-state index in [2.05, 4.69) is 9.98 Å². The van der Waals surface area contributed by atoms with Gasteiger partial charge in [-0.25, -0.2) is 9.98 Å². The van der Waals surface area contributed by atoms with Gasteiger partial charge in [-0.3, -0.25) is 9.69 Å². The molecule has 128 valence electrons. The Balaban J connectivity index is 1.90. The van der Waals surface area contributed by atoms with E-state index in [9.17, 15) is 4.79 Å². The first-order valence-corrected chi connectivity index (χ1v) is 8.80. The van der Waals surface area contributed by atoms with Crippen molar-refractivity contribution >= 4 is 34.7 Å². The van der Waals surface area contributed by atoms with E-state index in [0.717, 1.165) is 17.0 Å². The Morgan fingerprint density at radius 3 is 2.64 bits per heavy atom. The van der Waals surface area contributed by atoms with Crippen molar-refractivity contribution in [3.05, 3.63) is 58.6 Å². The fraction of sp³-hybridized carbons (Fsp3) is 0.211. The molecule has 25 heavy (non-hydrogen) atoms. The summed E-state index contributed by atoms with van der Waals surface area (Å²) >= 11 is 1.37. The van der Waals surface area contributed by atoms with Crippen molar-refractivity contribution in [2.24, 2.45) is 4.99 Å². The number of hydrogen-bond donors (Lipinski definition) is 0. The van der Waals surface area contributed by atoms with Crippen LogP contribution in [0.25, 0.3) is 6.08 Å². The van der Waals surface area contributed by atoms with Crippen molar-refractivity contribution < 1.29 is 9.53 Å². The summed E-state index contributed by atoms with van der Waals surface area (Å²) in [5.74, 6) is 1.37. The first kappa shape index (κ1) is 17.2. The number of carbonyl (C=O) groups excluding carboxylic acids is 1. The number of rotatable bonds is 4. The minimum absolute atomic E-state index is 0.0327. The number of methoxy groups -OCH3 is 1. The van der Waals surface area contributed by atoms with Crippen LogP contribution >= 0.6 is 11.8 Å². The van der Waals surface area contributed by atoms with Crippen LogP contribution < -0.4 is 4.74 Å². The third-order valence-electron chi connectivity index (χ3n) is 3.70. The van der Waals surface area contributed by atoms with Crippen LogP contribution in [0, 0.1) is 6.92 Å². The maximum atomic E-state index is 12.6. The normalized spacial score (nSPS) is 17.6. The molecule has 0 bridgehead atoms. The third kappa shape index (κ3) is 3.91. The van der Waals surface area contributed by atoms with E-state index in [4.69, 9.17) is 4.74 Å². The molecule has 0 spiro atoms. The molecule has 0 atom stereocenters. The van der Waals surface area contributed by atoms with Crippen LogP contribution in [-0.2, 0) is 4.79 Å². The fourth-order valence-corrected chi connectivity index (χ4v) is 3.46. The van der Waals surface area contributed by atoms with Crippen LogP contribution in [0.2, 0.25) is 0 Å². The lowest BCUT2D eigenvalue weighted by Crippen LogP contribution is -2.28. The topological polar surface area (TPSA) is 54.8 Å². The van der Waals surface area contributed by atoms with Gasteiger partial charge in [0, 0.05) is 12.2 Å². The summed E-state index contributed by atoms with van der Waals surface area (Å²) in [6.07, 6.45) is 1.88. The van der Waals surface area contributed by atoms with Crippen molar-refractivity contribution in [2.75, 3.05) is 13.7 Å². The maximum absolute atomic E-state index is 12.6. The lowest BCUT2D eigenvalue weighted by molar-refractivity contribution is -0.122. The minimum Gasteiger partial charge on any atom is -0.497 e. The lowest BCUT2D eigenvalue weighted by atomic mass is 10.2. The summed E-state index contributed by atoms with van der Waals surface area (Å²) in [6, 6.07) is 13.3. The second-order valence-corrected chi connectivity index (χ2v) is 6.47. The molecular weight excluding hydrogens is 334 g/mol. The van der Waals surface area contributed by atoms with Crippen LogP contribution in [-0.4, -0.2) is 34.6 Å². The van der Waals surface area contributed by atoms with Gasteiger partial charge in [-0.05, 0) is 61.5 Å². The van der Waals surface area contributed by atoms with E-state index in [1.54, 1.807) is 12.0 Å². The van der Waals surface area contributed by atoms with Crippen LogP contribution in [0.15, 0.2) is 52.4 Å². The van der Waals surface area contributed by atoms with Crippen molar-refractivity contribution in [3.8, 4) is 5.75 Å².